The Bertz CT molecular complexity index is 3850. The smallest absolute Gasteiger partial charge is 0.391 e. The third-order valence-electron chi connectivity index (χ3n) is 13.6. The Kier molecular flexibility index (Phi) is 33.9. The lowest BCUT2D eigenvalue weighted by molar-refractivity contribution is -0.150. The fourth-order valence-electron chi connectivity index (χ4n) is 8.96. The fraction of sp³-hybridized carbons (Fsp3) is 0.379. The SMILES string of the molecule is [B]Cc1cc(C[B])c(OC(=O)C2CC(C(=O)Oc3c(C[B])cc(C[B])cc3C[B])CC(C(=O)C(F)(F)S(=O)(=O)[O-])C2)c(C[B])c1.[B]Cc1ccc(COC(=O)CS(=O)(=O)[O-])cc1.[B]Cc1cccc(COC(=O)CS(=O)(=O)[O-])c1.[B]Cc1ccccc1COC(=O)CS(=O)(=O)[O-]. The number of carbonyl (C=O) groups is 6. The van der Waals surface area contributed by atoms with Gasteiger partial charge in [0.2, 0.25) is 5.78 Å². The predicted molar refractivity (Wildman–Crippen MR) is 346 cm³/mol. The van der Waals surface area contributed by atoms with Gasteiger partial charge in [-0.1, -0.05) is 176 Å². The summed E-state index contributed by atoms with van der Waals surface area (Å²) in [5.41, 5.74) is 7.41. The molecule has 96 heavy (non-hydrogen) atoms. The zero-order chi connectivity index (χ0) is 72.4. The maximum Gasteiger partial charge on any atom is 0.391 e. The van der Waals surface area contributed by atoms with Crippen molar-refractivity contribution in [3.8, 4) is 11.5 Å². The van der Waals surface area contributed by atoms with Gasteiger partial charge >= 0.3 is 35.1 Å². The first-order chi connectivity index (χ1) is 44.9. The first-order valence-corrected chi connectivity index (χ1v) is 34.4. The Morgan fingerprint density at radius 3 is 1.07 bits per heavy atom. The quantitative estimate of drug-likeness (QED) is 0.0219. The van der Waals surface area contributed by atoms with E-state index in [0.29, 0.717) is 62.7 Å². The summed E-state index contributed by atoms with van der Waals surface area (Å²) in [5.74, 6) is -15.6. The van der Waals surface area contributed by atoms with Gasteiger partial charge in [0.05, 0.1) is 82.5 Å². The molecule has 0 saturated heterocycles. The molecule has 23 nitrogen and oxygen atoms in total. The van der Waals surface area contributed by atoms with Crippen LogP contribution in [0.3, 0.4) is 0 Å². The van der Waals surface area contributed by atoms with Crippen LogP contribution in [0.1, 0.15) is 86.0 Å². The number of hydrogen-bond acceptors (Lipinski definition) is 23. The number of halogens is 2. The number of alkyl halides is 2. The normalized spacial score (nSPS) is 14.7. The average Bonchev–Trinajstić information content (AvgIpc) is 0.779. The molecule has 0 bridgehead atoms. The minimum atomic E-state index is -6.41. The molecule has 1 aliphatic rings. The Balaban J connectivity index is 0.000000384. The molecule has 494 valence electrons. The number of rotatable bonds is 28. The molecule has 1 saturated carbocycles. The molecule has 1 fully saturated rings. The molecule has 38 heteroatoms. The van der Waals surface area contributed by atoms with Crippen LogP contribution in [0.2, 0.25) is 0 Å². The van der Waals surface area contributed by atoms with Crippen molar-refractivity contribution in [2.45, 2.75) is 101 Å². The van der Waals surface area contributed by atoms with E-state index >= 15 is 0 Å². The first-order valence-electron chi connectivity index (χ1n) is 28.3. The average molecular weight is 1380 g/mol. The van der Waals surface area contributed by atoms with Gasteiger partial charge in [-0.2, -0.15) is 8.78 Å². The lowest BCUT2D eigenvalue weighted by Gasteiger charge is -2.34. The van der Waals surface area contributed by atoms with E-state index in [2.05, 4.69) is 14.2 Å². The van der Waals surface area contributed by atoms with Gasteiger partial charge in [0.1, 0.15) is 78.9 Å². The number of carbonyl (C=O) groups excluding carboxylic acids is 6. The molecular weight excluding hydrogens is 1330 g/mol. The molecule has 6 rings (SSSR count). The van der Waals surface area contributed by atoms with E-state index in [0.717, 1.165) is 16.7 Å². The highest BCUT2D eigenvalue weighted by Crippen LogP contribution is 2.41. The van der Waals surface area contributed by atoms with Gasteiger partial charge in [0.15, 0.2) is 10.1 Å². The minimum absolute atomic E-state index is 0.00223. The van der Waals surface area contributed by atoms with E-state index in [-0.39, 0.29) is 82.0 Å². The third-order valence-corrected chi connectivity index (χ3v) is 16.2. The summed E-state index contributed by atoms with van der Waals surface area (Å²) in [5, 5.41) is -5.31. The topological polar surface area (TPSA) is 377 Å². The first kappa shape index (κ1) is 83.4. The van der Waals surface area contributed by atoms with E-state index < -0.39 is 129 Å². The molecule has 5 aromatic rings. The van der Waals surface area contributed by atoms with Gasteiger partial charge in [-0.15, -0.1) is 0 Å². The Hall–Kier alpha value is -6.80. The van der Waals surface area contributed by atoms with Crippen LogP contribution in [-0.4, -0.2) is 181 Å². The summed E-state index contributed by atoms with van der Waals surface area (Å²) in [7, 11) is 30.9. The highest BCUT2D eigenvalue weighted by molar-refractivity contribution is 7.87. The molecule has 2 atom stereocenters. The molecule has 0 aromatic heterocycles. The largest absolute Gasteiger partial charge is 0.748 e. The van der Waals surface area contributed by atoms with Gasteiger partial charge in [-0.05, 0) is 63.8 Å². The van der Waals surface area contributed by atoms with E-state index in [9.17, 15) is 89.4 Å². The third kappa shape index (κ3) is 28.3. The molecule has 0 spiro atoms. The van der Waals surface area contributed by atoms with E-state index in [1.54, 1.807) is 91.0 Å². The molecule has 5 aromatic carbocycles. The van der Waals surface area contributed by atoms with Crippen molar-refractivity contribution in [1.82, 2.24) is 0 Å². The van der Waals surface area contributed by atoms with E-state index in [1.165, 1.54) is 0 Å². The van der Waals surface area contributed by atoms with Crippen LogP contribution in [0.5, 0.6) is 11.5 Å². The standard InChI is InChI=1S/C28H26B6F2O8S.3C10H11BO5S/c29-8-14-1-19(10-31)23(20(2-14)11-32)43-26(38)17-5-16(25(37)28(35,36)45(40,41)42)6-18(7-17)27(39)44-24-21(12-33)3-15(9-30)4-22(24)13-34;11-5-8-1-3-9(4-2-8)6-16-10(12)7-17(13,14)15;11-5-8-2-1-3-9(4-8)6-16-10(12)7-17(13,14)15;11-5-8-3-1-2-4-9(8)6-16-10(12)7-17(13,14)15/h1-4,16-18H,5-13H2,(H,40,41,42);3*1-4H,5-7H2,(H,13,14,15)/p-4. The van der Waals surface area contributed by atoms with Crippen molar-refractivity contribution in [3.05, 3.63) is 164 Å². The van der Waals surface area contributed by atoms with Crippen LogP contribution < -0.4 is 9.47 Å². The van der Waals surface area contributed by atoms with Crippen molar-refractivity contribution in [3.63, 3.8) is 0 Å². The van der Waals surface area contributed by atoms with E-state index in [4.69, 9.17) is 80.1 Å². The van der Waals surface area contributed by atoms with Crippen molar-refractivity contribution >= 4 is 147 Å². The lowest BCUT2D eigenvalue weighted by Crippen LogP contribution is -2.46. The van der Waals surface area contributed by atoms with Gasteiger partial charge in [-0.3, -0.25) is 28.8 Å². The van der Waals surface area contributed by atoms with Gasteiger partial charge in [0, 0.05) is 5.92 Å². The summed E-state index contributed by atoms with van der Waals surface area (Å²) in [6.07, 6.45) is -0.651. The number of Topliss-reactive ketones (excluding diaryl/α,β-unsaturated/α-hetero) is 1. The number of ether oxygens (including phenoxy) is 5. The van der Waals surface area contributed by atoms with Crippen molar-refractivity contribution < 1.29 is 113 Å². The maximum atomic E-state index is 14.4. The molecule has 2 unspecified atom stereocenters. The van der Waals surface area contributed by atoms with Crippen LogP contribution in [0.4, 0.5) is 8.78 Å². The van der Waals surface area contributed by atoms with Gasteiger partial charge < -0.3 is 41.9 Å². The number of hydrogen-bond donors (Lipinski definition) is 0. The Morgan fingerprint density at radius 1 is 0.385 bits per heavy atom. The molecule has 18 radical (unpaired) electrons. The van der Waals surface area contributed by atoms with Gasteiger partial charge in [-0.25, -0.2) is 33.7 Å². The molecular formula is C58H55B9F2O23S4-4. The second-order valence-corrected chi connectivity index (χ2v) is 26.4. The zero-order valence-corrected chi connectivity index (χ0v) is 54.4. The second-order valence-electron chi connectivity index (χ2n) is 20.8. The van der Waals surface area contributed by atoms with Crippen LogP contribution in [0.25, 0.3) is 0 Å². The number of benzene rings is 5. The Morgan fingerprint density at radius 2 is 0.719 bits per heavy atom. The highest BCUT2D eigenvalue weighted by Gasteiger charge is 2.53. The summed E-state index contributed by atoms with van der Waals surface area (Å²) in [6.45, 7) is -0.247. The fourth-order valence-corrected chi connectivity index (χ4v) is 10.5. The molecule has 0 heterocycles. The van der Waals surface area contributed by atoms with Crippen LogP contribution in [0.15, 0.2) is 97.1 Å². The highest BCUT2D eigenvalue weighted by atomic mass is 32.2. The van der Waals surface area contributed by atoms with Crippen molar-refractivity contribution in [2.75, 3.05) is 17.3 Å². The maximum absolute atomic E-state index is 14.4. The summed E-state index contributed by atoms with van der Waals surface area (Å²) < 4.78 is 180. The Labute approximate surface area is 568 Å². The second kappa shape index (κ2) is 39.0. The lowest BCUT2D eigenvalue weighted by atomic mass is 9.73. The zero-order valence-electron chi connectivity index (χ0n) is 51.2. The summed E-state index contributed by atoms with van der Waals surface area (Å²) in [4.78, 5) is 72.6. The minimum Gasteiger partial charge on any atom is -0.748 e. The number of esters is 5. The van der Waals surface area contributed by atoms with Crippen LogP contribution >= 0.6 is 0 Å². The monoisotopic (exact) mass is 1380 g/mol. The van der Waals surface area contributed by atoms with E-state index in [1.807, 2.05) is 6.07 Å². The molecule has 0 aliphatic heterocycles. The van der Waals surface area contributed by atoms with Crippen LogP contribution in [-0.2, 0) is 160 Å². The summed E-state index contributed by atoms with van der Waals surface area (Å²) in [6, 6.07) is 27.3. The van der Waals surface area contributed by atoms with Crippen LogP contribution in [0, 0.1) is 17.8 Å². The molecule has 0 N–H and O–H groups in total. The van der Waals surface area contributed by atoms with Gasteiger partial charge in [0.25, 0.3) is 0 Å². The predicted octanol–water partition coefficient (Wildman–Crippen LogP) is 0.779. The molecule has 1 aliphatic carbocycles. The van der Waals surface area contributed by atoms with Crippen molar-refractivity contribution in [1.29, 1.82) is 0 Å². The number of ketones is 1. The summed E-state index contributed by atoms with van der Waals surface area (Å²) >= 11 is 0. The van der Waals surface area contributed by atoms with Crippen molar-refractivity contribution in [2.24, 2.45) is 17.8 Å². The molecule has 0 amide bonds.